The van der Waals surface area contributed by atoms with Crippen molar-refractivity contribution in [3.63, 3.8) is 0 Å². The number of rotatable bonds is 8. The molecule has 0 unspecified atom stereocenters. The third-order valence-electron chi connectivity index (χ3n) is 9.69. The van der Waals surface area contributed by atoms with Gasteiger partial charge in [0.2, 0.25) is 0 Å². The zero-order valence-corrected chi connectivity index (χ0v) is 32.1. The lowest BCUT2D eigenvalue weighted by Gasteiger charge is -2.13. The van der Waals surface area contributed by atoms with Crippen molar-refractivity contribution >= 4 is 68.3 Å². The fourth-order valence-electron chi connectivity index (χ4n) is 6.95. The molecular weight excluding hydrogens is 775 g/mol. The van der Waals surface area contributed by atoms with E-state index in [2.05, 4.69) is 64.6 Å². The number of hydrogen-bond acceptors (Lipinski definition) is 10. The molecule has 276 valence electrons. The van der Waals surface area contributed by atoms with Crippen molar-refractivity contribution < 1.29 is 28.6 Å². The van der Waals surface area contributed by atoms with Gasteiger partial charge in [0.25, 0.3) is 0 Å². The summed E-state index contributed by atoms with van der Waals surface area (Å²) < 4.78 is 12.9. The minimum absolute atomic E-state index is 0.0178. The van der Waals surface area contributed by atoms with E-state index in [4.69, 9.17) is 13.8 Å². The highest BCUT2D eigenvalue weighted by Crippen LogP contribution is 2.54. The summed E-state index contributed by atoms with van der Waals surface area (Å²) in [5.41, 5.74) is 3.16. The number of pyridine rings is 3. The van der Waals surface area contributed by atoms with Gasteiger partial charge in [-0.1, -0.05) is 36.4 Å². The summed E-state index contributed by atoms with van der Waals surface area (Å²) in [5.74, 6) is 2.42. The number of carboxylic acid groups (broad SMARTS) is 2. The molecule has 0 spiro atoms. The molecule has 0 aliphatic carbocycles. The number of benzene rings is 3. The van der Waals surface area contributed by atoms with Crippen LogP contribution in [0, 0.1) is 0 Å². The van der Waals surface area contributed by atoms with Gasteiger partial charge in [0.05, 0.1) is 38.8 Å². The molecule has 9 aromatic rings. The molecular formula is C45H27N3O6S3. The topological polar surface area (TPSA) is 140 Å². The second kappa shape index (κ2) is 14.2. The molecule has 6 aromatic heterocycles. The van der Waals surface area contributed by atoms with Crippen LogP contribution in [-0.4, -0.2) is 48.6 Å². The first-order chi connectivity index (χ1) is 27.8. The molecule has 0 fully saturated rings. The predicted molar refractivity (Wildman–Crippen MR) is 225 cm³/mol. The summed E-state index contributed by atoms with van der Waals surface area (Å²) in [6.07, 6.45) is 3.05. The Morgan fingerprint density at radius 1 is 0.509 bits per heavy atom. The Hall–Kier alpha value is -6.47. The summed E-state index contributed by atoms with van der Waals surface area (Å²) in [7, 11) is 0. The molecule has 3 aromatic carbocycles. The van der Waals surface area contributed by atoms with Crippen LogP contribution in [0.3, 0.4) is 0 Å². The molecule has 0 radical (unpaired) electrons. The number of aromatic carboxylic acids is 2. The molecule has 9 nitrogen and oxygen atoms in total. The zero-order valence-electron chi connectivity index (χ0n) is 29.6. The summed E-state index contributed by atoms with van der Waals surface area (Å²) in [6, 6.07) is 36.4. The number of thiophene rings is 1. The zero-order chi connectivity index (χ0) is 38.6. The molecule has 0 saturated carbocycles. The lowest BCUT2D eigenvalue weighted by atomic mass is 10.0. The number of carboxylic acids is 2. The molecule has 0 amide bonds. The minimum atomic E-state index is -1.15. The SMILES string of the molecule is O=C(O)c1ccnc(-c2cc(C(=O)O)cc(-c3cc(-c4sc(-c5ccc(-c6ccc(-c7ccc8cc9ccccc9cc8c7)o6)o5)c5c4SCCS5)ccn3)n2)c1. The Bertz CT molecular complexity index is 3070. The predicted octanol–water partition coefficient (Wildman–Crippen LogP) is 12.0. The summed E-state index contributed by atoms with van der Waals surface area (Å²) in [6.45, 7) is 0. The van der Waals surface area contributed by atoms with Crippen LogP contribution < -0.4 is 0 Å². The van der Waals surface area contributed by atoms with E-state index in [0.717, 1.165) is 59.1 Å². The van der Waals surface area contributed by atoms with Crippen molar-refractivity contribution in [2.45, 2.75) is 9.79 Å². The van der Waals surface area contributed by atoms with Gasteiger partial charge in [-0.2, -0.15) is 0 Å². The summed E-state index contributed by atoms with van der Waals surface area (Å²) in [5, 5.41) is 24.2. The van der Waals surface area contributed by atoms with Gasteiger partial charge in [-0.15, -0.1) is 34.9 Å². The second-order valence-electron chi connectivity index (χ2n) is 13.3. The van der Waals surface area contributed by atoms with Crippen molar-refractivity contribution in [2.24, 2.45) is 0 Å². The van der Waals surface area contributed by atoms with Crippen LogP contribution in [0.2, 0.25) is 0 Å². The quantitative estimate of drug-likeness (QED) is 0.142. The number of nitrogens with zero attached hydrogens (tertiary/aromatic N) is 3. The van der Waals surface area contributed by atoms with E-state index in [9.17, 15) is 19.8 Å². The maximum absolute atomic E-state index is 12.2. The second-order valence-corrected chi connectivity index (χ2v) is 16.5. The molecule has 57 heavy (non-hydrogen) atoms. The van der Waals surface area contributed by atoms with E-state index >= 15 is 0 Å². The average molecular weight is 802 g/mol. The van der Waals surface area contributed by atoms with E-state index in [0.29, 0.717) is 22.9 Å². The van der Waals surface area contributed by atoms with Gasteiger partial charge in [0.1, 0.15) is 11.5 Å². The maximum atomic E-state index is 12.2. The van der Waals surface area contributed by atoms with Gasteiger partial charge >= 0.3 is 11.9 Å². The molecule has 10 rings (SSSR count). The third kappa shape index (κ3) is 6.57. The van der Waals surface area contributed by atoms with Crippen molar-refractivity contribution in [1.29, 1.82) is 0 Å². The third-order valence-corrected chi connectivity index (χ3v) is 13.8. The molecule has 0 atom stereocenters. The van der Waals surface area contributed by atoms with E-state index in [1.165, 1.54) is 46.6 Å². The molecule has 0 saturated heterocycles. The Labute approximate surface area is 337 Å². The van der Waals surface area contributed by atoms with E-state index in [1.807, 2.05) is 36.4 Å². The first-order valence-electron chi connectivity index (χ1n) is 17.8. The summed E-state index contributed by atoms with van der Waals surface area (Å²) in [4.78, 5) is 41.7. The summed E-state index contributed by atoms with van der Waals surface area (Å²) >= 11 is 5.24. The van der Waals surface area contributed by atoms with Crippen LogP contribution in [0.25, 0.3) is 88.2 Å². The normalized spacial score (nSPS) is 12.6. The van der Waals surface area contributed by atoms with Gasteiger partial charge in [0, 0.05) is 44.1 Å². The van der Waals surface area contributed by atoms with Crippen LogP contribution in [0.1, 0.15) is 20.7 Å². The van der Waals surface area contributed by atoms with Crippen LogP contribution in [0.5, 0.6) is 0 Å². The fraction of sp³-hybridized carbons (Fsp3) is 0.0444. The van der Waals surface area contributed by atoms with Gasteiger partial charge in [0.15, 0.2) is 11.5 Å². The van der Waals surface area contributed by atoms with Crippen molar-refractivity contribution in [3.8, 4) is 66.7 Å². The molecule has 2 N–H and O–H groups in total. The number of thioether (sulfide) groups is 2. The van der Waals surface area contributed by atoms with E-state index in [1.54, 1.807) is 41.1 Å². The Morgan fingerprint density at radius 3 is 1.81 bits per heavy atom. The van der Waals surface area contributed by atoms with Crippen molar-refractivity contribution in [3.05, 3.63) is 139 Å². The van der Waals surface area contributed by atoms with Gasteiger partial charge in [-0.05, 0) is 106 Å². The largest absolute Gasteiger partial charge is 0.478 e. The molecule has 0 bridgehead atoms. The monoisotopic (exact) mass is 801 g/mol. The first-order valence-corrected chi connectivity index (χ1v) is 20.6. The first kappa shape index (κ1) is 35.0. The highest BCUT2D eigenvalue weighted by molar-refractivity contribution is 8.06. The van der Waals surface area contributed by atoms with Crippen LogP contribution >= 0.6 is 34.9 Å². The molecule has 12 heteroatoms. The number of aromatic nitrogens is 3. The number of furan rings is 2. The Kier molecular flexibility index (Phi) is 8.73. The van der Waals surface area contributed by atoms with E-state index < -0.39 is 11.9 Å². The van der Waals surface area contributed by atoms with Crippen LogP contribution in [0.4, 0.5) is 0 Å². The van der Waals surface area contributed by atoms with Gasteiger partial charge in [-0.3, -0.25) is 9.97 Å². The molecule has 1 aliphatic rings. The van der Waals surface area contributed by atoms with E-state index in [-0.39, 0.29) is 22.5 Å². The molecule has 1 aliphatic heterocycles. The standard InChI is InChI=1S/C45H27N3O6S3/c49-44(50)29-12-14-47-33(21-29)35-23-31(45(51)52)22-34(48-35)32-20-28(11-13-46-32)40-42-43(56-16-15-55-42)41(57-40)39-10-9-38(54-39)37-8-7-36(53-37)27-6-5-26-17-24-3-1-2-4-25(24)18-30(26)19-27/h1-14,17-23H,15-16H2,(H,49,50)(H,51,52). The highest BCUT2D eigenvalue weighted by atomic mass is 32.2. The number of fused-ring (bicyclic) bond motifs is 3. The van der Waals surface area contributed by atoms with Gasteiger partial charge in [-0.25, -0.2) is 14.6 Å². The van der Waals surface area contributed by atoms with Crippen molar-refractivity contribution in [1.82, 2.24) is 15.0 Å². The maximum Gasteiger partial charge on any atom is 0.335 e. The van der Waals surface area contributed by atoms with Gasteiger partial charge < -0.3 is 19.0 Å². The van der Waals surface area contributed by atoms with Crippen LogP contribution in [0.15, 0.2) is 146 Å². The smallest absolute Gasteiger partial charge is 0.335 e. The lowest BCUT2D eigenvalue weighted by molar-refractivity contribution is 0.0686. The minimum Gasteiger partial charge on any atom is -0.478 e. The molecule has 7 heterocycles. The number of hydrogen-bond donors (Lipinski definition) is 2. The number of carbonyl (C=O) groups is 2. The highest BCUT2D eigenvalue weighted by Gasteiger charge is 2.27. The Morgan fingerprint density at radius 2 is 1.09 bits per heavy atom. The average Bonchev–Trinajstić information content (AvgIpc) is 4.02. The van der Waals surface area contributed by atoms with Crippen molar-refractivity contribution in [2.75, 3.05) is 11.5 Å². The Balaban J connectivity index is 0.976. The fourth-order valence-corrected chi connectivity index (χ4v) is 11.1. The van der Waals surface area contributed by atoms with Crippen LogP contribution in [-0.2, 0) is 0 Å². The lowest BCUT2D eigenvalue weighted by Crippen LogP contribution is -2.02.